The van der Waals surface area contributed by atoms with Gasteiger partial charge in [0.1, 0.15) is 5.75 Å². The molecule has 3 aromatic rings. The number of aromatic amines is 1. The number of H-pyrrole nitrogens is 1. The first kappa shape index (κ1) is 20.5. The van der Waals surface area contributed by atoms with E-state index in [-0.39, 0.29) is 17.9 Å². The summed E-state index contributed by atoms with van der Waals surface area (Å²) in [4.78, 5) is 29.3. The Hall–Kier alpha value is -3.28. The topological polar surface area (TPSA) is 74.4 Å². The molecule has 0 fully saturated rings. The van der Waals surface area contributed by atoms with E-state index in [1.54, 1.807) is 13.2 Å². The maximum absolute atomic E-state index is 12.3. The quantitative estimate of drug-likeness (QED) is 0.617. The van der Waals surface area contributed by atoms with Crippen LogP contribution in [0.1, 0.15) is 17.5 Å². The summed E-state index contributed by atoms with van der Waals surface area (Å²) in [7, 11) is 5.62. The van der Waals surface area contributed by atoms with Crippen LogP contribution in [0.15, 0.2) is 53.3 Å². The molecule has 152 valence electrons. The number of carbonyl (C=O) groups is 1. The molecule has 0 aliphatic heterocycles. The van der Waals surface area contributed by atoms with Crippen LogP contribution in [0.4, 0.5) is 5.69 Å². The Morgan fingerprint density at radius 1 is 1.07 bits per heavy atom. The second-order valence-corrected chi connectivity index (χ2v) is 7.24. The third-order valence-electron chi connectivity index (χ3n) is 4.94. The fraction of sp³-hybridized carbons (Fsp3) is 0.304. The van der Waals surface area contributed by atoms with Crippen molar-refractivity contribution in [2.45, 2.75) is 19.3 Å². The van der Waals surface area contributed by atoms with Gasteiger partial charge in [-0.3, -0.25) is 9.59 Å². The van der Waals surface area contributed by atoms with Gasteiger partial charge in [-0.15, -0.1) is 0 Å². The number of rotatable bonds is 8. The Balaban J connectivity index is 1.52. The largest absolute Gasteiger partial charge is 0.497 e. The van der Waals surface area contributed by atoms with Crippen LogP contribution in [0.3, 0.4) is 0 Å². The third kappa shape index (κ3) is 5.38. The van der Waals surface area contributed by atoms with Crippen LogP contribution in [0.2, 0.25) is 0 Å². The molecular weight excluding hydrogens is 366 g/mol. The molecule has 1 heterocycles. The van der Waals surface area contributed by atoms with Gasteiger partial charge in [0.15, 0.2) is 0 Å². The fourth-order valence-corrected chi connectivity index (χ4v) is 3.19. The monoisotopic (exact) mass is 393 g/mol. The molecule has 0 aliphatic rings. The zero-order valence-electron chi connectivity index (χ0n) is 17.1. The Kier molecular flexibility index (Phi) is 6.54. The summed E-state index contributed by atoms with van der Waals surface area (Å²) in [6.07, 6.45) is 1.44. The molecule has 0 saturated heterocycles. The van der Waals surface area contributed by atoms with Gasteiger partial charge in [0.05, 0.1) is 7.11 Å². The van der Waals surface area contributed by atoms with Gasteiger partial charge in [-0.25, -0.2) is 0 Å². The lowest BCUT2D eigenvalue weighted by atomic mass is 10.1. The number of aromatic nitrogens is 1. The number of aryl methyl sites for hydroxylation is 1. The molecule has 0 atom stereocenters. The van der Waals surface area contributed by atoms with Gasteiger partial charge in [0, 0.05) is 49.2 Å². The highest BCUT2D eigenvalue weighted by molar-refractivity contribution is 5.81. The summed E-state index contributed by atoms with van der Waals surface area (Å²) in [5, 5.41) is 3.82. The summed E-state index contributed by atoms with van der Waals surface area (Å²) in [6, 6.07) is 15.6. The van der Waals surface area contributed by atoms with E-state index in [0.29, 0.717) is 18.5 Å². The van der Waals surface area contributed by atoms with Gasteiger partial charge < -0.3 is 19.9 Å². The Morgan fingerprint density at radius 3 is 2.52 bits per heavy atom. The fourth-order valence-electron chi connectivity index (χ4n) is 3.19. The highest BCUT2D eigenvalue weighted by Crippen LogP contribution is 2.19. The van der Waals surface area contributed by atoms with E-state index in [1.807, 2.05) is 32.3 Å². The number of fused-ring (bicyclic) bond motifs is 1. The third-order valence-corrected chi connectivity index (χ3v) is 4.94. The summed E-state index contributed by atoms with van der Waals surface area (Å²) in [5.74, 6) is 0.673. The summed E-state index contributed by atoms with van der Waals surface area (Å²) < 4.78 is 5.23. The molecule has 0 bridgehead atoms. The van der Waals surface area contributed by atoms with Crippen molar-refractivity contribution in [2.75, 3.05) is 32.6 Å². The first-order chi connectivity index (χ1) is 14.0. The minimum atomic E-state index is -0.156. The molecular formula is C23H27N3O3. The summed E-state index contributed by atoms with van der Waals surface area (Å²) in [6.45, 7) is 0.575. The zero-order valence-corrected chi connectivity index (χ0v) is 17.1. The second-order valence-electron chi connectivity index (χ2n) is 7.24. The van der Waals surface area contributed by atoms with Crippen molar-refractivity contribution in [2.24, 2.45) is 0 Å². The number of hydrogen-bond acceptors (Lipinski definition) is 4. The number of benzene rings is 2. The standard InChI is InChI=1S/C23H27N3O3/c1-26(2)19-7-4-16(5-8-19)12-13-24-22(27)11-6-17-14-18-15-20(29-3)9-10-21(18)25-23(17)28/h4-5,7-10,14-15H,6,11-13H2,1-3H3,(H,24,27)(H,25,28). The maximum atomic E-state index is 12.3. The molecule has 2 aromatic carbocycles. The van der Waals surface area contributed by atoms with Crippen molar-refractivity contribution in [3.05, 3.63) is 70.0 Å². The molecule has 6 nitrogen and oxygen atoms in total. The molecule has 1 amide bonds. The van der Waals surface area contributed by atoms with E-state index in [2.05, 4.69) is 39.5 Å². The highest BCUT2D eigenvalue weighted by atomic mass is 16.5. The average Bonchev–Trinajstić information content (AvgIpc) is 2.72. The minimum absolute atomic E-state index is 0.0555. The Bertz CT molecular complexity index is 1040. The van der Waals surface area contributed by atoms with Crippen molar-refractivity contribution < 1.29 is 9.53 Å². The van der Waals surface area contributed by atoms with E-state index in [9.17, 15) is 9.59 Å². The number of methoxy groups -OCH3 is 1. The molecule has 0 saturated carbocycles. The van der Waals surface area contributed by atoms with E-state index in [4.69, 9.17) is 4.74 Å². The van der Waals surface area contributed by atoms with Crippen LogP contribution in [0.5, 0.6) is 5.75 Å². The van der Waals surface area contributed by atoms with Crippen LogP contribution >= 0.6 is 0 Å². The lowest BCUT2D eigenvalue weighted by molar-refractivity contribution is -0.121. The van der Waals surface area contributed by atoms with E-state index in [0.717, 1.165) is 28.8 Å². The van der Waals surface area contributed by atoms with Crippen LogP contribution in [-0.2, 0) is 17.6 Å². The van der Waals surface area contributed by atoms with Gasteiger partial charge in [0.2, 0.25) is 5.91 Å². The van der Waals surface area contributed by atoms with Crippen molar-refractivity contribution in [1.29, 1.82) is 0 Å². The van der Waals surface area contributed by atoms with Crippen LogP contribution in [-0.4, -0.2) is 38.6 Å². The average molecular weight is 393 g/mol. The van der Waals surface area contributed by atoms with E-state index >= 15 is 0 Å². The lowest BCUT2D eigenvalue weighted by Crippen LogP contribution is -2.26. The molecule has 2 N–H and O–H groups in total. The summed E-state index contributed by atoms with van der Waals surface area (Å²) in [5.41, 5.74) is 3.52. The number of hydrogen-bond donors (Lipinski definition) is 2. The molecule has 0 aliphatic carbocycles. The molecule has 3 rings (SSSR count). The van der Waals surface area contributed by atoms with Gasteiger partial charge in [-0.1, -0.05) is 12.1 Å². The molecule has 0 unspecified atom stereocenters. The Morgan fingerprint density at radius 2 is 1.83 bits per heavy atom. The SMILES string of the molecule is COc1ccc2[nH]c(=O)c(CCC(=O)NCCc3ccc(N(C)C)cc3)cc2c1. The lowest BCUT2D eigenvalue weighted by Gasteiger charge is -2.12. The molecule has 29 heavy (non-hydrogen) atoms. The minimum Gasteiger partial charge on any atom is -0.497 e. The number of nitrogens with zero attached hydrogens (tertiary/aromatic N) is 1. The second kappa shape index (κ2) is 9.28. The predicted octanol–water partition coefficient (Wildman–Crippen LogP) is 2.89. The molecule has 1 aromatic heterocycles. The van der Waals surface area contributed by atoms with Gasteiger partial charge >= 0.3 is 0 Å². The molecule has 0 spiro atoms. The van der Waals surface area contributed by atoms with E-state index in [1.165, 1.54) is 5.56 Å². The predicted molar refractivity (Wildman–Crippen MR) is 117 cm³/mol. The molecule has 6 heteroatoms. The number of pyridine rings is 1. The highest BCUT2D eigenvalue weighted by Gasteiger charge is 2.08. The number of amides is 1. The first-order valence-corrected chi connectivity index (χ1v) is 9.69. The normalized spacial score (nSPS) is 10.7. The number of nitrogens with one attached hydrogen (secondary N) is 2. The van der Waals surface area contributed by atoms with Gasteiger partial charge in [-0.05, 0) is 54.8 Å². The molecule has 0 radical (unpaired) electrons. The van der Waals surface area contributed by atoms with Crippen molar-refractivity contribution in [1.82, 2.24) is 10.3 Å². The number of anilines is 1. The van der Waals surface area contributed by atoms with Crippen molar-refractivity contribution >= 4 is 22.5 Å². The smallest absolute Gasteiger partial charge is 0.251 e. The van der Waals surface area contributed by atoms with Crippen molar-refractivity contribution in [3.63, 3.8) is 0 Å². The first-order valence-electron chi connectivity index (χ1n) is 9.69. The van der Waals surface area contributed by atoms with Gasteiger partial charge in [0.25, 0.3) is 5.56 Å². The van der Waals surface area contributed by atoms with Crippen LogP contribution in [0.25, 0.3) is 10.9 Å². The maximum Gasteiger partial charge on any atom is 0.251 e. The Labute approximate surface area is 170 Å². The van der Waals surface area contributed by atoms with Gasteiger partial charge in [-0.2, -0.15) is 0 Å². The summed E-state index contributed by atoms with van der Waals surface area (Å²) >= 11 is 0. The van der Waals surface area contributed by atoms with Crippen LogP contribution in [0, 0.1) is 0 Å². The number of carbonyl (C=O) groups excluding carboxylic acids is 1. The van der Waals surface area contributed by atoms with Crippen molar-refractivity contribution in [3.8, 4) is 5.75 Å². The van der Waals surface area contributed by atoms with E-state index < -0.39 is 0 Å². The zero-order chi connectivity index (χ0) is 20.8. The van der Waals surface area contributed by atoms with Crippen LogP contribution < -0.4 is 20.5 Å². The number of ether oxygens (including phenoxy) is 1.